The molecule has 0 amide bonds. The maximum atomic E-state index is 10.5. The molecule has 3 rings (SSSR count). The largest absolute Gasteiger partial charge is 0.497 e. The van der Waals surface area contributed by atoms with Crippen LogP contribution in [0.15, 0.2) is 42.5 Å². The number of fused-ring (bicyclic) bond motifs is 1. The summed E-state index contributed by atoms with van der Waals surface area (Å²) in [6.45, 7) is 1.43. The maximum absolute atomic E-state index is 10.5. The highest BCUT2D eigenvalue weighted by atomic mass is 16.5. The zero-order chi connectivity index (χ0) is 14.8. The van der Waals surface area contributed by atoms with E-state index in [9.17, 15) is 5.11 Å². The molecule has 1 heterocycles. The van der Waals surface area contributed by atoms with E-state index < -0.39 is 6.10 Å². The number of aliphatic hydroxyl groups is 1. The van der Waals surface area contributed by atoms with Gasteiger partial charge in [-0.2, -0.15) is 0 Å². The lowest BCUT2D eigenvalue weighted by molar-refractivity contribution is 0.183. The van der Waals surface area contributed by atoms with Gasteiger partial charge in [0.05, 0.1) is 24.6 Å². The second-order valence-electron chi connectivity index (χ2n) is 5.34. The molecule has 0 bridgehead atoms. The van der Waals surface area contributed by atoms with Crippen LogP contribution < -0.4 is 15.4 Å². The third-order valence-corrected chi connectivity index (χ3v) is 3.99. The van der Waals surface area contributed by atoms with Crippen LogP contribution >= 0.6 is 0 Å². The fourth-order valence-electron chi connectivity index (χ4n) is 2.91. The van der Waals surface area contributed by atoms with Crippen molar-refractivity contribution < 1.29 is 9.84 Å². The van der Waals surface area contributed by atoms with E-state index in [2.05, 4.69) is 11.0 Å². The van der Waals surface area contributed by atoms with Gasteiger partial charge in [0.2, 0.25) is 0 Å². The molecule has 0 saturated carbocycles. The molecule has 0 saturated heterocycles. The van der Waals surface area contributed by atoms with Gasteiger partial charge >= 0.3 is 0 Å². The van der Waals surface area contributed by atoms with Gasteiger partial charge in [-0.15, -0.1) is 0 Å². The second-order valence-corrected chi connectivity index (χ2v) is 5.34. The van der Waals surface area contributed by atoms with Crippen molar-refractivity contribution in [2.45, 2.75) is 12.5 Å². The minimum absolute atomic E-state index is 0.536. The molecule has 1 aliphatic rings. The normalized spacial score (nSPS) is 14.9. The van der Waals surface area contributed by atoms with Crippen molar-refractivity contribution >= 4 is 11.4 Å². The first kappa shape index (κ1) is 13.8. The molecule has 2 aromatic rings. The highest BCUT2D eigenvalue weighted by Gasteiger charge is 2.23. The molecule has 2 aromatic carbocycles. The summed E-state index contributed by atoms with van der Waals surface area (Å²) in [4.78, 5) is 2.16. The van der Waals surface area contributed by atoms with E-state index >= 15 is 0 Å². The van der Waals surface area contributed by atoms with Crippen molar-refractivity contribution in [1.82, 2.24) is 0 Å². The number of para-hydroxylation sites is 1. The number of β-amino-alcohol motifs (C(OH)–C–C–N with tert-alkyl or cyclic N) is 1. The predicted molar refractivity (Wildman–Crippen MR) is 84.7 cm³/mol. The van der Waals surface area contributed by atoms with Gasteiger partial charge in [0, 0.05) is 13.1 Å². The lowest BCUT2D eigenvalue weighted by atomic mass is 10.1. The standard InChI is InChI=1S/C17H20N2O2/c1-21-14-6-2-5-13(10-14)16(20)11-19-9-8-12-4-3-7-15(18)17(12)19/h2-7,10,16,20H,8-9,11,18H2,1H3. The topological polar surface area (TPSA) is 58.7 Å². The van der Waals surface area contributed by atoms with Crippen LogP contribution in [0.3, 0.4) is 0 Å². The van der Waals surface area contributed by atoms with E-state index in [1.54, 1.807) is 7.11 Å². The smallest absolute Gasteiger partial charge is 0.119 e. The van der Waals surface area contributed by atoms with Crippen molar-refractivity contribution in [1.29, 1.82) is 0 Å². The summed E-state index contributed by atoms with van der Waals surface area (Å²) < 4.78 is 5.21. The summed E-state index contributed by atoms with van der Waals surface area (Å²) >= 11 is 0. The molecule has 4 nitrogen and oxygen atoms in total. The van der Waals surface area contributed by atoms with Crippen LogP contribution in [-0.4, -0.2) is 25.3 Å². The molecule has 1 atom stereocenters. The Kier molecular flexibility index (Phi) is 3.71. The molecule has 0 spiro atoms. The number of hydrogen-bond donors (Lipinski definition) is 2. The molecule has 4 heteroatoms. The van der Waals surface area contributed by atoms with Gasteiger partial charge in [0.15, 0.2) is 0 Å². The monoisotopic (exact) mass is 284 g/mol. The molecule has 3 N–H and O–H groups in total. The van der Waals surface area contributed by atoms with Crippen molar-refractivity contribution in [3.8, 4) is 5.75 Å². The van der Waals surface area contributed by atoms with Crippen LogP contribution in [-0.2, 0) is 6.42 Å². The Hall–Kier alpha value is -2.20. The Bertz CT molecular complexity index is 642. The predicted octanol–water partition coefficient (Wildman–Crippen LogP) is 2.37. The van der Waals surface area contributed by atoms with Crippen molar-refractivity contribution in [2.75, 3.05) is 30.8 Å². The third kappa shape index (κ3) is 2.67. The summed E-state index contributed by atoms with van der Waals surface area (Å²) in [5.41, 5.74) is 10.0. The molecule has 0 fully saturated rings. The maximum Gasteiger partial charge on any atom is 0.119 e. The van der Waals surface area contributed by atoms with Crippen LogP contribution in [0.4, 0.5) is 11.4 Å². The van der Waals surface area contributed by atoms with Gasteiger partial charge in [-0.3, -0.25) is 0 Å². The zero-order valence-corrected chi connectivity index (χ0v) is 12.1. The first-order valence-electron chi connectivity index (χ1n) is 7.13. The molecule has 1 aliphatic heterocycles. The van der Waals surface area contributed by atoms with Gasteiger partial charge in [-0.25, -0.2) is 0 Å². The van der Waals surface area contributed by atoms with Crippen molar-refractivity contribution in [2.24, 2.45) is 0 Å². The number of hydrogen-bond acceptors (Lipinski definition) is 4. The summed E-state index contributed by atoms with van der Waals surface area (Å²) in [7, 11) is 1.63. The van der Waals surface area contributed by atoms with E-state index in [1.165, 1.54) is 5.56 Å². The van der Waals surface area contributed by atoms with Gasteiger partial charge < -0.3 is 20.5 Å². The third-order valence-electron chi connectivity index (χ3n) is 3.99. The van der Waals surface area contributed by atoms with Crippen LogP contribution in [0, 0.1) is 0 Å². The summed E-state index contributed by atoms with van der Waals surface area (Å²) in [5, 5.41) is 10.5. The van der Waals surface area contributed by atoms with Gasteiger partial charge in [0.1, 0.15) is 5.75 Å². The van der Waals surface area contributed by atoms with Crippen LogP contribution in [0.25, 0.3) is 0 Å². The lowest BCUT2D eigenvalue weighted by Crippen LogP contribution is -2.27. The Labute approximate surface area is 124 Å². The number of benzene rings is 2. The molecular weight excluding hydrogens is 264 g/mol. The summed E-state index contributed by atoms with van der Waals surface area (Å²) in [6.07, 6.45) is 0.413. The Morgan fingerprint density at radius 3 is 2.90 bits per heavy atom. The Morgan fingerprint density at radius 2 is 2.10 bits per heavy atom. The lowest BCUT2D eigenvalue weighted by Gasteiger charge is -2.24. The van der Waals surface area contributed by atoms with Crippen LogP contribution in [0.1, 0.15) is 17.2 Å². The molecule has 0 aliphatic carbocycles. The van der Waals surface area contributed by atoms with E-state index in [-0.39, 0.29) is 0 Å². The van der Waals surface area contributed by atoms with E-state index in [1.807, 2.05) is 36.4 Å². The number of methoxy groups -OCH3 is 1. The first-order valence-corrected chi connectivity index (χ1v) is 7.13. The number of nitrogens with two attached hydrogens (primary N) is 1. The van der Waals surface area contributed by atoms with Crippen LogP contribution in [0.2, 0.25) is 0 Å². The number of nitrogens with zero attached hydrogens (tertiary/aromatic N) is 1. The SMILES string of the molecule is COc1cccc(C(O)CN2CCc3cccc(N)c32)c1. The van der Waals surface area contributed by atoms with Gasteiger partial charge in [0.25, 0.3) is 0 Å². The molecular formula is C17H20N2O2. The summed E-state index contributed by atoms with van der Waals surface area (Å²) in [5.74, 6) is 0.757. The average Bonchev–Trinajstić information content (AvgIpc) is 2.92. The van der Waals surface area contributed by atoms with Crippen molar-refractivity contribution in [3.05, 3.63) is 53.6 Å². The molecule has 0 aromatic heterocycles. The highest BCUT2D eigenvalue weighted by Crippen LogP contribution is 2.34. The van der Waals surface area contributed by atoms with Gasteiger partial charge in [-0.05, 0) is 35.7 Å². The molecule has 110 valence electrons. The van der Waals surface area contributed by atoms with E-state index in [0.717, 1.165) is 35.7 Å². The molecule has 21 heavy (non-hydrogen) atoms. The van der Waals surface area contributed by atoms with E-state index in [0.29, 0.717) is 6.54 Å². The molecule has 0 radical (unpaired) electrons. The van der Waals surface area contributed by atoms with Crippen molar-refractivity contribution in [3.63, 3.8) is 0 Å². The number of ether oxygens (including phenoxy) is 1. The van der Waals surface area contributed by atoms with E-state index in [4.69, 9.17) is 10.5 Å². The minimum atomic E-state index is -0.564. The fourth-order valence-corrected chi connectivity index (χ4v) is 2.91. The number of anilines is 2. The summed E-state index contributed by atoms with van der Waals surface area (Å²) in [6, 6.07) is 13.5. The molecule has 1 unspecified atom stereocenters. The Morgan fingerprint density at radius 1 is 1.29 bits per heavy atom. The van der Waals surface area contributed by atoms with Crippen LogP contribution in [0.5, 0.6) is 5.75 Å². The number of aliphatic hydroxyl groups excluding tert-OH is 1. The highest BCUT2D eigenvalue weighted by molar-refractivity contribution is 5.74. The number of rotatable bonds is 4. The minimum Gasteiger partial charge on any atom is -0.497 e. The fraction of sp³-hybridized carbons (Fsp3) is 0.294. The zero-order valence-electron chi connectivity index (χ0n) is 12.1. The van der Waals surface area contributed by atoms with Gasteiger partial charge in [-0.1, -0.05) is 24.3 Å². The number of nitrogen functional groups attached to an aromatic ring is 1. The second kappa shape index (κ2) is 5.66. The first-order chi connectivity index (χ1) is 10.2. The Balaban J connectivity index is 1.79. The quantitative estimate of drug-likeness (QED) is 0.846. The average molecular weight is 284 g/mol.